The van der Waals surface area contributed by atoms with Crippen molar-refractivity contribution < 1.29 is 4.74 Å². The van der Waals surface area contributed by atoms with Crippen LogP contribution in [0.4, 0.5) is 5.82 Å². The molecule has 4 nitrogen and oxygen atoms in total. The first-order valence-electron chi connectivity index (χ1n) is 5.73. The van der Waals surface area contributed by atoms with Gasteiger partial charge in [0.15, 0.2) is 0 Å². The van der Waals surface area contributed by atoms with Crippen molar-refractivity contribution in [3.63, 3.8) is 0 Å². The molecule has 92 valence electrons. The molecule has 0 saturated heterocycles. The topological polar surface area (TPSA) is 47.0 Å². The van der Waals surface area contributed by atoms with Gasteiger partial charge in [-0.2, -0.15) is 0 Å². The second-order valence-corrected chi connectivity index (χ2v) is 3.63. The molecular formula is C14H15N3O. The van der Waals surface area contributed by atoms with Gasteiger partial charge in [0.25, 0.3) is 0 Å². The quantitative estimate of drug-likeness (QED) is 0.891. The lowest BCUT2D eigenvalue weighted by Gasteiger charge is -2.08. The molecule has 1 heterocycles. The number of hydrogen-bond acceptors (Lipinski definition) is 4. The van der Waals surface area contributed by atoms with E-state index in [0.29, 0.717) is 5.88 Å². The van der Waals surface area contributed by atoms with Crippen LogP contribution in [0.1, 0.15) is 12.5 Å². The van der Waals surface area contributed by atoms with E-state index in [2.05, 4.69) is 15.3 Å². The summed E-state index contributed by atoms with van der Waals surface area (Å²) in [6.07, 6.45) is 5.44. The van der Waals surface area contributed by atoms with E-state index in [1.165, 1.54) is 6.33 Å². The minimum atomic E-state index is 0.520. The number of hydrogen-bond donors (Lipinski definition) is 1. The molecule has 0 aliphatic heterocycles. The van der Waals surface area contributed by atoms with Crippen LogP contribution < -0.4 is 10.1 Å². The zero-order chi connectivity index (χ0) is 12.8. The van der Waals surface area contributed by atoms with Crippen LogP contribution in [0.2, 0.25) is 0 Å². The van der Waals surface area contributed by atoms with Gasteiger partial charge >= 0.3 is 0 Å². The second kappa shape index (κ2) is 5.82. The highest BCUT2D eigenvalue weighted by molar-refractivity contribution is 5.57. The van der Waals surface area contributed by atoms with Crippen LogP contribution in [-0.2, 0) is 0 Å². The van der Waals surface area contributed by atoms with E-state index in [0.717, 1.165) is 17.1 Å². The first-order chi connectivity index (χ1) is 8.83. The average molecular weight is 241 g/mol. The molecule has 2 aromatic rings. The molecule has 0 spiro atoms. The number of benzene rings is 1. The molecule has 0 amide bonds. The molecule has 1 aromatic carbocycles. The predicted molar refractivity (Wildman–Crippen MR) is 72.8 cm³/mol. The van der Waals surface area contributed by atoms with Gasteiger partial charge in [-0.3, -0.25) is 0 Å². The normalized spacial score (nSPS) is 10.6. The molecule has 2 rings (SSSR count). The molecule has 0 saturated carbocycles. The van der Waals surface area contributed by atoms with Gasteiger partial charge in [0, 0.05) is 18.7 Å². The van der Waals surface area contributed by atoms with Crippen LogP contribution in [0.3, 0.4) is 0 Å². The zero-order valence-electron chi connectivity index (χ0n) is 10.4. The van der Waals surface area contributed by atoms with E-state index in [1.54, 1.807) is 13.1 Å². The van der Waals surface area contributed by atoms with E-state index in [-0.39, 0.29) is 0 Å². The molecule has 1 aromatic heterocycles. The number of anilines is 1. The highest BCUT2D eigenvalue weighted by Gasteiger charge is 2.03. The molecule has 0 bridgehead atoms. The average Bonchev–Trinajstić information content (AvgIpc) is 2.41. The lowest BCUT2D eigenvalue weighted by molar-refractivity contribution is 0.461. The summed E-state index contributed by atoms with van der Waals surface area (Å²) in [5.74, 6) is 2.02. The predicted octanol–water partition coefficient (Wildman–Crippen LogP) is 3.34. The van der Waals surface area contributed by atoms with E-state index >= 15 is 0 Å². The molecule has 0 radical (unpaired) electrons. The van der Waals surface area contributed by atoms with Crippen LogP contribution >= 0.6 is 0 Å². The molecule has 0 aliphatic carbocycles. The maximum absolute atomic E-state index is 5.76. The molecule has 0 unspecified atom stereocenters. The van der Waals surface area contributed by atoms with Crippen molar-refractivity contribution in [2.75, 3.05) is 12.4 Å². The van der Waals surface area contributed by atoms with Gasteiger partial charge in [-0.25, -0.2) is 9.97 Å². The van der Waals surface area contributed by atoms with Gasteiger partial charge in [-0.05, 0) is 13.0 Å². The summed E-state index contributed by atoms with van der Waals surface area (Å²) in [7, 11) is 1.81. The lowest BCUT2D eigenvalue weighted by Crippen LogP contribution is -1.95. The third-order valence-corrected chi connectivity index (χ3v) is 2.38. The Hall–Kier alpha value is -2.36. The molecule has 4 heteroatoms. The van der Waals surface area contributed by atoms with Crippen molar-refractivity contribution in [3.8, 4) is 11.6 Å². The minimum absolute atomic E-state index is 0.520. The van der Waals surface area contributed by atoms with Gasteiger partial charge in [-0.1, -0.05) is 30.4 Å². The Kier molecular flexibility index (Phi) is 3.91. The third-order valence-electron chi connectivity index (χ3n) is 2.38. The van der Waals surface area contributed by atoms with Crippen molar-refractivity contribution in [1.29, 1.82) is 0 Å². The van der Waals surface area contributed by atoms with Gasteiger partial charge in [-0.15, -0.1) is 0 Å². The van der Waals surface area contributed by atoms with Crippen molar-refractivity contribution in [1.82, 2.24) is 9.97 Å². The minimum Gasteiger partial charge on any atom is -0.438 e. The summed E-state index contributed by atoms with van der Waals surface area (Å²) in [4.78, 5) is 8.13. The number of nitrogens with zero attached hydrogens (tertiary/aromatic N) is 2. The largest absolute Gasteiger partial charge is 0.438 e. The van der Waals surface area contributed by atoms with E-state index in [9.17, 15) is 0 Å². The number of rotatable bonds is 4. The standard InChI is InChI=1S/C14H15N3O/c1-3-6-11-7-4-5-8-12(11)18-14-9-13(15-2)16-10-17-14/h3-10H,1-2H3,(H,15,16,17)/b6-3+. The van der Waals surface area contributed by atoms with Crippen LogP contribution in [0.5, 0.6) is 11.6 Å². The maximum Gasteiger partial charge on any atom is 0.224 e. The Morgan fingerprint density at radius 3 is 2.83 bits per heavy atom. The first kappa shape index (κ1) is 12.1. The van der Waals surface area contributed by atoms with E-state index < -0.39 is 0 Å². The summed E-state index contributed by atoms with van der Waals surface area (Å²) >= 11 is 0. The molecule has 18 heavy (non-hydrogen) atoms. The molecular weight excluding hydrogens is 226 g/mol. The SMILES string of the molecule is C/C=C/c1ccccc1Oc1cc(NC)ncn1. The van der Waals surface area contributed by atoms with E-state index in [4.69, 9.17) is 4.74 Å². The van der Waals surface area contributed by atoms with Crippen LogP contribution in [0.15, 0.2) is 42.7 Å². The van der Waals surface area contributed by atoms with Crippen LogP contribution in [0, 0.1) is 0 Å². The highest BCUT2D eigenvalue weighted by atomic mass is 16.5. The fourth-order valence-electron chi connectivity index (χ4n) is 1.54. The summed E-state index contributed by atoms with van der Waals surface area (Å²) < 4.78 is 5.76. The third kappa shape index (κ3) is 2.85. The Bertz CT molecular complexity index is 552. The van der Waals surface area contributed by atoms with Gasteiger partial charge in [0.2, 0.25) is 5.88 Å². The molecule has 0 atom stereocenters. The fourth-order valence-corrected chi connectivity index (χ4v) is 1.54. The first-order valence-corrected chi connectivity index (χ1v) is 5.73. The Morgan fingerprint density at radius 2 is 2.06 bits per heavy atom. The van der Waals surface area contributed by atoms with E-state index in [1.807, 2.05) is 43.3 Å². The van der Waals surface area contributed by atoms with Crippen molar-refractivity contribution in [2.45, 2.75) is 6.92 Å². The zero-order valence-corrected chi connectivity index (χ0v) is 10.4. The highest BCUT2D eigenvalue weighted by Crippen LogP contribution is 2.25. The lowest BCUT2D eigenvalue weighted by atomic mass is 10.2. The number of nitrogens with one attached hydrogen (secondary N) is 1. The summed E-state index contributed by atoms with van der Waals surface area (Å²) in [5.41, 5.74) is 1.02. The number of para-hydroxylation sites is 1. The molecule has 1 N–H and O–H groups in total. The van der Waals surface area contributed by atoms with Gasteiger partial charge in [0.05, 0.1) is 0 Å². The summed E-state index contributed by atoms with van der Waals surface area (Å²) in [6, 6.07) is 9.57. The summed E-state index contributed by atoms with van der Waals surface area (Å²) in [6.45, 7) is 1.97. The van der Waals surface area contributed by atoms with Crippen LogP contribution in [-0.4, -0.2) is 17.0 Å². The Labute approximate surface area is 106 Å². The number of allylic oxidation sites excluding steroid dienone is 1. The van der Waals surface area contributed by atoms with Crippen molar-refractivity contribution >= 4 is 11.9 Å². The fraction of sp³-hybridized carbons (Fsp3) is 0.143. The summed E-state index contributed by atoms with van der Waals surface area (Å²) in [5, 5.41) is 2.95. The van der Waals surface area contributed by atoms with Gasteiger partial charge < -0.3 is 10.1 Å². The van der Waals surface area contributed by atoms with Crippen molar-refractivity contribution in [3.05, 3.63) is 48.3 Å². The maximum atomic E-state index is 5.76. The molecule has 0 fully saturated rings. The number of aromatic nitrogens is 2. The smallest absolute Gasteiger partial charge is 0.224 e. The monoisotopic (exact) mass is 241 g/mol. The number of ether oxygens (including phenoxy) is 1. The van der Waals surface area contributed by atoms with Crippen molar-refractivity contribution in [2.24, 2.45) is 0 Å². The Balaban J connectivity index is 2.27. The second-order valence-electron chi connectivity index (χ2n) is 3.63. The van der Waals surface area contributed by atoms with Crippen LogP contribution in [0.25, 0.3) is 6.08 Å². The molecule has 0 aliphatic rings. The van der Waals surface area contributed by atoms with Gasteiger partial charge in [0.1, 0.15) is 17.9 Å². The Morgan fingerprint density at radius 1 is 1.22 bits per heavy atom.